The highest BCUT2D eigenvalue weighted by Crippen LogP contribution is 2.28. The van der Waals surface area contributed by atoms with Crippen LogP contribution in [0.1, 0.15) is 5.56 Å². The summed E-state index contributed by atoms with van der Waals surface area (Å²) in [6.07, 6.45) is 0. The molecule has 60 valence electrons. The summed E-state index contributed by atoms with van der Waals surface area (Å²) in [6.45, 7) is 3.66. The maximum Gasteiger partial charge on any atom is 0.224 e. The summed E-state index contributed by atoms with van der Waals surface area (Å²) >= 11 is 0. The van der Waals surface area contributed by atoms with Crippen molar-refractivity contribution in [3.8, 4) is 5.75 Å². The van der Waals surface area contributed by atoms with Gasteiger partial charge in [-0.1, -0.05) is 17.7 Å². The van der Waals surface area contributed by atoms with E-state index in [4.69, 9.17) is 9.42 Å². The minimum Gasteiger partial charge on any atom is -0.448 e. The molecule has 0 radical (unpaired) electrons. The summed E-state index contributed by atoms with van der Waals surface area (Å²) in [4.78, 5) is 8.92. The third kappa shape index (κ3) is 2.87. The van der Waals surface area contributed by atoms with Crippen LogP contribution in [0.4, 0.5) is 0 Å². The summed E-state index contributed by atoms with van der Waals surface area (Å²) in [6, 6.07) is 7.61. The van der Waals surface area contributed by atoms with Gasteiger partial charge in [0.05, 0.1) is 0 Å². The molecular formula is C8H11O2P. The van der Waals surface area contributed by atoms with Crippen molar-refractivity contribution in [1.29, 1.82) is 0 Å². The van der Waals surface area contributed by atoms with Gasteiger partial charge in [0, 0.05) is 6.66 Å². The van der Waals surface area contributed by atoms with Crippen molar-refractivity contribution in [2.45, 2.75) is 6.92 Å². The molecule has 0 bridgehead atoms. The van der Waals surface area contributed by atoms with E-state index in [1.807, 2.05) is 31.2 Å². The highest BCUT2D eigenvalue weighted by Gasteiger charge is 1.97. The second-order valence-corrected chi connectivity index (χ2v) is 3.48. The highest BCUT2D eigenvalue weighted by atomic mass is 31.2. The van der Waals surface area contributed by atoms with Gasteiger partial charge in [-0.15, -0.1) is 0 Å². The zero-order chi connectivity index (χ0) is 8.27. The van der Waals surface area contributed by atoms with Gasteiger partial charge in [0.15, 0.2) is 0 Å². The van der Waals surface area contributed by atoms with E-state index < -0.39 is 8.38 Å². The average Bonchev–Trinajstić information content (AvgIpc) is 1.93. The third-order valence-electron chi connectivity index (χ3n) is 1.26. The maximum absolute atomic E-state index is 8.92. The Balaban J connectivity index is 2.66. The predicted molar refractivity (Wildman–Crippen MR) is 46.9 cm³/mol. The van der Waals surface area contributed by atoms with Gasteiger partial charge < -0.3 is 9.42 Å². The van der Waals surface area contributed by atoms with Gasteiger partial charge in [-0.2, -0.15) is 0 Å². The van der Waals surface area contributed by atoms with Crippen LogP contribution in [0.5, 0.6) is 5.75 Å². The Labute approximate surface area is 67.7 Å². The Bertz CT molecular complexity index is 218. The first-order chi connectivity index (χ1) is 5.18. The Morgan fingerprint density at radius 2 is 1.82 bits per heavy atom. The lowest BCUT2D eigenvalue weighted by atomic mass is 10.2. The smallest absolute Gasteiger partial charge is 0.224 e. The van der Waals surface area contributed by atoms with Gasteiger partial charge in [0.1, 0.15) is 5.75 Å². The standard InChI is InChI=1S/C8H11O2P/c1-7-3-5-8(6-4-7)10-11(2)9/h3-6,9H,1-2H3. The van der Waals surface area contributed by atoms with Gasteiger partial charge in [0.25, 0.3) is 0 Å². The second kappa shape index (κ2) is 3.70. The molecule has 1 aromatic carbocycles. The van der Waals surface area contributed by atoms with Crippen LogP contribution in [0, 0.1) is 6.92 Å². The summed E-state index contributed by atoms with van der Waals surface area (Å²) in [7, 11) is -1.29. The molecule has 0 fully saturated rings. The monoisotopic (exact) mass is 170 g/mol. The van der Waals surface area contributed by atoms with Crippen LogP contribution < -0.4 is 4.52 Å². The first kappa shape index (κ1) is 8.51. The van der Waals surface area contributed by atoms with Crippen molar-refractivity contribution in [3.63, 3.8) is 0 Å². The molecular weight excluding hydrogens is 159 g/mol. The van der Waals surface area contributed by atoms with Crippen molar-refractivity contribution in [3.05, 3.63) is 29.8 Å². The third-order valence-corrected chi connectivity index (χ3v) is 1.73. The van der Waals surface area contributed by atoms with E-state index in [-0.39, 0.29) is 0 Å². The number of hydrogen-bond donors (Lipinski definition) is 1. The molecule has 0 spiro atoms. The van der Waals surface area contributed by atoms with Crippen LogP contribution in [-0.2, 0) is 0 Å². The molecule has 0 saturated carbocycles. The molecule has 0 heterocycles. The molecule has 0 saturated heterocycles. The molecule has 1 atom stereocenters. The molecule has 1 aromatic rings. The number of rotatable bonds is 2. The Morgan fingerprint density at radius 1 is 1.27 bits per heavy atom. The van der Waals surface area contributed by atoms with E-state index in [1.165, 1.54) is 5.56 Å². The molecule has 0 aliphatic rings. The zero-order valence-corrected chi connectivity index (χ0v) is 7.51. The van der Waals surface area contributed by atoms with Crippen LogP contribution in [-0.4, -0.2) is 11.6 Å². The molecule has 0 aromatic heterocycles. The van der Waals surface area contributed by atoms with E-state index in [1.54, 1.807) is 6.66 Å². The normalized spacial score (nSPS) is 12.6. The second-order valence-electron chi connectivity index (χ2n) is 2.37. The van der Waals surface area contributed by atoms with Crippen LogP contribution in [0.25, 0.3) is 0 Å². The number of aryl methyl sites for hydroxylation is 1. The Morgan fingerprint density at radius 3 is 2.27 bits per heavy atom. The Hall–Kier alpha value is -0.590. The lowest BCUT2D eigenvalue weighted by molar-refractivity contribution is 0.494. The van der Waals surface area contributed by atoms with Crippen molar-refractivity contribution < 1.29 is 9.42 Å². The fourth-order valence-corrected chi connectivity index (χ4v) is 1.18. The molecule has 0 amide bonds. The summed E-state index contributed by atoms with van der Waals surface area (Å²) < 4.78 is 5.09. The minimum absolute atomic E-state index is 0.728. The van der Waals surface area contributed by atoms with Crippen LogP contribution in [0.15, 0.2) is 24.3 Å². The fraction of sp³-hybridized carbons (Fsp3) is 0.250. The van der Waals surface area contributed by atoms with E-state index in [9.17, 15) is 0 Å². The van der Waals surface area contributed by atoms with Crippen LogP contribution in [0.2, 0.25) is 0 Å². The molecule has 0 aliphatic heterocycles. The van der Waals surface area contributed by atoms with Crippen molar-refractivity contribution in [1.82, 2.24) is 0 Å². The summed E-state index contributed by atoms with van der Waals surface area (Å²) in [5.74, 6) is 0.728. The quantitative estimate of drug-likeness (QED) is 0.690. The van der Waals surface area contributed by atoms with Gasteiger partial charge >= 0.3 is 0 Å². The largest absolute Gasteiger partial charge is 0.448 e. The van der Waals surface area contributed by atoms with E-state index in [2.05, 4.69) is 0 Å². The molecule has 1 rings (SSSR count). The van der Waals surface area contributed by atoms with Crippen LogP contribution >= 0.6 is 8.38 Å². The zero-order valence-electron chi connectivity index (χ0n) is 6.61. The van der Waals surface area contributed by atoms with Gasteiger partial charge in [0.2, 0.25) is 8.38 Å². The fourth-order valence-electron chi connectivity index (χ4n) is 0.752. The maximum atomic E-state index is 8.92. The molecule has 11 heavy (non-hydrogen) atoms. The lowest BCUT2D eigenvalue weighted by Crippen LogP contribution is -1.83. The molecule has 1 unspecified atom stereocenters. The lowest BCUT2D eigenvalue weighted by Gasteiger charge is -2.06. The Kier molecular flexibility index (Phi) is 2.86. The van der Waals surface area contributed by atoms with E-state index >= 15 is 0 Å². The molecule has 0 aliphatic carbocycles. The highest BCUT2D eigenvalue weighted by molar-refractivity contribution is 7.45. The SMILES string of the molecule is Cc1ccc(OP(C)O)cc1. The number of benzene rings is 1. The molecule has 1 N–H and O–H groups in total. The minimum atomic E-state index is -1.29. The van der Waals surface area contributed by atoms with E-state index in [0.29, 0.717) is 0 Å². The van der Waals surface area contributed by atoms with Crippen molar-refractivity contribution in [2.24, 2.45) is 0 Å². The summed E-state index contributed by atoms with van der Waals surface area (Å²) in [5, 5.41) is 0. The first-order valence-corrected chi connectivity index (χ1v) is 5.01. The van der Waals surface area contributed by atoms with Gasteiger partial charge in [-0.25, -0.2) is 0 Å². The predicted octanol–water partition coefficient (Wildman–Crippen LogP) is 2.31. The summed E-state index contributed by atoms with van der Waals surface area (Å²) in [5.41, 5.74) is 1.19. The van der Waals surface area contributed by atoms with E-state index in [0.717, 1.165) is 5.75 Å². The molecule has 2 nitrogen and oxygen atoms in total. The molecule has 3 heteroatoms. The topological polar surface area (TPSA) is 29.5 Å². The number of hydrogen-bond acceptors (Lipinski definition) is 2. The average molecular weight is 170 g/mol. The first-order valence-electron chi connectivity index (χ1n) is 3.36. The van der Waals surface area contributed by atoms with Crippen molar-refractivity contribution >= 4 is 8.38 Å². The van der Waals surface area contributed by atoms with Crippen molar-refractivity contribution in [2.75, 3.05) is 6.66 Å². The van der Waals surface area contributed by atoms with Crippen LogP contribution in [0.3, 0.4) is 0 Å². The van der Waals surface area contributed by atoms with Gasteiger partial charge in [-0.05, 0) is 19.1 Å². The van der Waals surface area contributed by atoms with Gasteiger partial charge in [-0.3, -0.25) is 0 Å².